The van der Waals surface area contributed by atoms with E-state index in [9.17, 15) is 19.5 Å². The van der Waals surface area contributed by atoms with Crippen molar-refractivity contribution in [2.45, 2.75) is 18.9 Å². The molecule has 1 aliphatic rings. The van der Waals surface area contributed by atoms with Gasteiger partial charge in [0.15, 0.2) is 11.5 Å². The van der Waals surface area contributed by atoms with Gasteiger partial charge in [0.05, 0.1) is 26.7 Å². The van der Waals surface area contributed by atoms with Crippen LogP contribution in [-0.4, -0.2) is 47.2 Å². The summed E-state index contributed by atoms with van der Waals surface area (Å²) in [5.41, 5.74) is 1.56. The zero-order chi connectivity index (χ0) is 20.4. The molecule has 0 saturated heterocycles. The second-order valence-electron chi connectivity index (χ2n) is 6.63. The van der Waals surface area contributed by atoms with Crippen LogP contribution in [0.2, 0.25) is 0 Å². The normalized spacial score (nSPS) is 15.7. The first-order valence-corrected chi connectivity index (χ1v) is 8.80. The Balaban J connectivity index is 2.05. The number of aromatic nitrogens is 1. The van der Waals surface area contributed by atoms with Gasteiger partial charge in [0.2, 0.25) is 0 Å². The SMILES string of the molecule is COc1cc2c(cc1OC)C(CC(=O)O)N(C(=O)c1ccn(C)c(=O)c1)CC2. The zero-order valence-corrected chi connectivity index (χ0v) is 16.0. The lowest BCUT2D eigenvalue weighted by atomic mass is 9.89. The summed E-state index contributed by atoms with van der Waals surface area (Å²) >= 11 is 0. The van der Waals surface area contributed by atoms with Gasteiger partial charge in [0.1, 0.15) is 0 Å². The number of carbonyl (C=O) groups is 2. The lowest BCUT2D eigenvalue weighted by Crippen LogP contribution is -2.41. The second kappa shape index (κ2) is 7.75. The van der Waals surface area contributed by atoms with Crippen molar-refractivity contribution in [1.29, 1.82) is 0 Å². The van der Waals surface area contributed by atoms with E-state index < -0.39 is 12.0 Å². The Hall–Kier alpha value is -3.29. The number of pyridine rings is 1. The van der Waals surface area contributed by atoms with Crippen molar-refractivity contribution in [3.63, 3.8) is 0 Å². The van der Waals surface area contributed by atoms with Gasteiger partial charge in [-0.05, 0) is 35.7 Å². The van der Waals surface area contributed by atoms with Crippen LogP contribution in [0.25, 0.3) is 0 Å². The molecule has 0 bridgehead atoms. The highest BCUT2D eigenvalue weighted by molar-refractivity contribution is 5.94. The first kappa shape index (κ1) is 19.5. The number of fused-ring (bicyclic) bond motifs is 1. The molecule has 1 N–H and O–H groups in total. The Labute approximate surface area is 161 Å². The molecule has 8 nitrogen and oxygen atoms in total. The number of carboxylic acid groups (broad SMARTS) is 1. The molecule has 0 radical (unpaired) electrons. The van der Waals surface area contributed by atoms with E-state index in [4.69, 9.17) is 9.47 Å². The summed E-state index contributed by atoms with van der Waals surface area (Å²) in [6, 6.07) is 5.71. The van der Waals surface area contributed by atoms with Gasteiger partial charge >= 0.3 is 5.97 Å². The second-order valence-corrected chi connectivity index (χ2v) is 6.63. The van der Waals surface area contributed by atoms with Crippen LogP contribution >= 0.6 is 0 Å². The number of carbonyl (C=O) groups excluding carboxylic acids is 1. The predicted molar refractivity (Wildman–Crippen MR) is 101 cm³/mol. The maximum absolute atomic E-state index is 13.1. The average molecular weight is 386 g/mol. The molecular formula is C20H22N2O6. The number of hydrogen-bond acceptors (Lipinski definition) is 5. The molecule has 0 spiro atoms. The number of rotatable bonds is 5. The fourth-order valence-electron chi connectivity index (χ4n) is 3.50. The molecule has 2 aromatic rings. The van der Waals surface area contributed by atoms with E-state index in [2.05, 4.69) is 0 Å². The molecule has 1 amide bonds. The molecule has 1 aromatic heterocycles. The van der Waals surface area contributed by atoms with Crippen LogP contribution in [0.5, 0.6) is 11.5 Å². The molecule has 1 aliphatic heterocycles. The minimum atomic E-state index is -1.02. The summed E-state index contributed by atoms with van der Waals surface area (Å²) < 4.78 is 12.0. The molecule has 2 heterocycles. The Kier molecular flexibility index (Phi) is 5.39. The molecule has 0 saturated carbocycles. The fourth-order valence-corrected chi connectivity index (χ4v) is 3.50. The minimum absolute atomic E-state index is 0.238. The van der Waals surface area contributed by atoms with E-state index in [0.29, 0.717) is 30.0 Å². The van der Waals surface area contributed by atoms with Gasteiger partial charge in [0.25, 0.3) is 11.5 Å². The molecule has 148 valence electrons. The van der Waals surface area contributed by atoms with Crippen molar-refractivity contribution in [3.8, 4) is 11.5 Å². The van der Waals surface area contributed by atoms with E-state index in [1.54, 1.807) is 19.2 Å². The molecule has 0 fully saturated rings. The number of ether oxygens (including phenoxy) is 2. The number of aryl methyl sites for hydroxylation is 1. The lowest BCUT2D eigenvalue weighted by Gasteiger charge is -2.37. The molecular weight excluding hydrogens is 364 g/mol. The molecule has 3 rings (SSSR count). The quantitative estimate of drug-likeness (QED) is 0.839. The van der Waals surface area contributed by atoms with Crippen molar-refractivity contribution in [2.75, 3.05) is 20.8 Å². The van der Waals surface area contributed by atoms with Crippen LogP contribution in [0.1, 0.15) is 33.9 Å². The number of carboxylic acids is 1. The third-order valence-corrected chi connectivity index (χ3v) is 4.98. The van der Waals surface area contributed by atoms with Crippen molar-refractivity contribution in [3.05, 3.63) is 57.5 Å². The Morgan fingerprint density at radius 1 is 1.18 bits per heavy atom. The van der Waals surface area contributed by atoms with Gasteiger partial charge in [0, 0.05) is 31.4 Å². The number of amides is 1. The first-order valence-electron chi connectivity index (χ1n) is 8.80. The highest BCUT2D eigenvalue weighted by Crippen LogP contribution is 2.39. The summed E-state index contributed by atoms with van der Waals surface area (Å²) in [6.45, 7) is 0.342. The average Bonchev–Trinajstić information content (AvgIpc) is 2.68. The van der Waals surface area contributed by atoms with Crippen molar-refractivity contribution in [1.82, 2.24) is 9.47 Å². The number of hydrogen-bond donors (Lipinski definition) is 1. The van der Waals surface area contributed by atoms with Crippen LogP contribution in [0.15, 0.2) is 35.3 Å². The van der Waals surface area contributed by atoms with Gasteiger partial charge in [-0.3, -0.25) is 14.4 Å². The van der Waals surface area contributed by atoms with Crippen LogP contribution in [0.3, 0.4) is 0 Å². The van der Waals surface area contributed by atoms with Gasteiger partial charge < -0.3 is 24.0 Å². The zero-order valence-electron chi connectivity index (χ0n) is 16.0. The van der Waals surface area contributed by atoms with E-state index in [1.165, 1.54) is 35.9 Å². The van der Waals surface area contributed by atoms with Crippen molar-refractivity contribution < 1.29 is 24.2 Å². The molecule has 28 heavy (non-hydrogen) atoms. The minimum Gasteiger partial charge on any atom is -0.493 e. The third kappa shape index (κ3) is 3.58. The predicted octanol–water partition coefficient (Wildman–Crippen LogP) is 1.62. The van der Waals surface area contributed by atoms with Gasteiger partial charge in [-0.1, -0.05) is 0 Å². The molecule has 1 aromatic carbocycles. The van der Waals surface area contributed by atoms with Crippen LogP contribution in [0.4, 0.5) is 0 Å². The maximum Gasteiger partial charge on any atom is 0.305 e. The Bertz CT molecular complexity index is 981. The van der Waals surface area contributed by atoms with Crippen molar-refractivity contribution in [2.24, 2.45) is 7.05 Å². The largest absolute Gasteiger partial charge is 0.493 e. The van der Waals surface area contributed by atoms with Gasteiger partial charge in [-0.25, -0.2) is 0 Å². The fraction of sp³-hybridized carbons (Fsp3) is 0.350. The smallest absolute Gasteiger partial charge is 0.305 e. The van der Waals surface area contributed by atoms with E-state index in [0.717, 1.165) is 5.56 Å². The molecule has 1 atom stereocenters. The highest BCUT2D eigenvalue weighted by atomic mass is 16.5. The third-order valence-electron chi connectivity index (χ3n) is 4.98. The highest BCUT2D eigenvalue weighted by Gasteiger charge is 2.34. The topological polar surface area (TPSA) is 98.1 Å². The van der Waals surface area contributed by atoms with E-state index in [1.807, 2.05) is 6.07 Å². The summed E-state index contributed by atoms with van der Waals surface area (Å²) in [5, 5.41) is 9.42. The number of nitrogens with zero attached hydrogens (tertiary/aromatic N) is 2. The van der Waals surface area contributed by atoms with E-state index in [-0.39, 0.29) is 23.5 Å². The van der Waals surface area contributed by atoms with Crippen molar-refractivity contribution >= 4 is 11.9 Å². The summed E-state index contributed by atoms with van der Waals surface area (Å²) in [4.78, 5) is 38.0. The molecule has 1 unspecified atom stereocenters. The van der Waals surface area contributed by atoms with Gasteiger partial charge in [-0.15, -0.1) is 0 Å². The summed E-state index contributed by atoms with van der Waals surface area (Å²) in [7, 11) is 4.64. The lowest BCUT2D eigenvalue weighted by molar-refractivity contribution is -0.138. The van der Waals surface area contributed by atoms with Crippen LogP contribution < -0.4 is 15.0 Å². The summed E-state index contributed by atoms with van der Waals surface area (Å²) in [6.07, 6.45) is 1.81. The Morgan fingerprint density at radius 3 is 2.46 bits per heavy atom. The standard InChI is InChI=1S/C20H22N2O6/c1-21-6-4-13(9-18(21)23)20(26)22-7-5-12-8-16(27-2)17(28-3)10-14(12)15(22)11-19(24)25/h4,6,8-10,15H,5,7,11H2,1-3H3,(H,24,25). The first-order chi connectivity index (χ1) is 13.3. The number of aliphatic carboxylic acids is 1. The maximum atomic E-state index is 13.1. The van der Waals surface area contributed by atoms with Crippen LogP contribution in [-0.2, 0) is 18.3 Å². The monoisotopic (exact) mass is 386 g/mol. The van der Waals surface area contributed by atoms with Gasteiger partial charge in [-0.2, -0.15) is 0 Å². The molecule has 0 aliphatic carbocycles. The van der Waals surface area contributed by atoms with E-state index >= 15 is 0 Å². The Morgan fingerprint density at radius 2 is 1.86 bits per heavy atom. The number of benzene rings is 1. The number of methoxy groups -OCH3 is 2. The van der Waals surface area contributed by atoms with Crippen LogP contribution in [0, 0.1) is 0 Å². The molecule has 8 heteroatoms. The summed E-state index contributed by atoms with van der Waals surface area (Å²) in [5.74, 6) is -0.361.